The molecule has 4 nitrogen and oxygen atoms in total. The first-order valence-corrected chi connectivity index (χ1v) is 7.89. The Kier molecular flexibility index (Phi) is 3.15. The molecule has 3 aromatic rings. The van der Waals surface area contributed by atoms with Crippen LogP contribution in [0.3, 0.4) is 0 Å². The molecule has 4 rings (SSSR count). The zero-order valence-electron chi connectivity index (χ0n) is 11.8. The number of pyridine rings is 1. The fourth-order valence-electron chi connectivity index (χ4n) is 2.81. The van der Waals surface area contributed by atoms with Crippen LogP contribution in [0.25, 0.3) is 22.7 Å². The average Bonchev–Trinajstić information content (AvgIpc) is 2.93. The molecular formula is C17H13BrN4. The smallest absolute Gasteiger partial charge is 0.165 e. The lowest BCUT2D eigenvalue weighted by molar-refractivity contribution is 0.702. The first kappa shape index (κ1) is 13.4. The fraction of sp³-hybridized carbons (Fsp3) is 0.118. The van der Waals surface area contributed by atoms with E-state index in [1.54, 1.807) is 6.20 Å². The van der Waals surface area contributed by atoms with Gasteiger partial charge in [-0.1, -0.05) is 34.1 Å². The number of allylic oxidation sites excluding steroid dienone is 1. The van der Waals surface area contributed by atoms with E-state index in [-0.39, 0.29) is 0 Å². The third-order valence-electron chi connectivity index (χ3n) is 3.91. The van der Waals surface area contributed by atoms with Gasteiger partial charge in [0.25, 0.3) is 0 Å². The molecule has 0 aliphatic carbocycles. The molecule has 0 spiro atoms. The molecule has 0 bridgehead atoms. The van der Waals surface area contributed by atoms with Crippen molar-refractivity contribution < 1.29 is 0 Å². The van der Waals surface area contributed by atoms with E-state index < -0.39 is 0 Å². The number of fused-ring (bicyclic) bond motifs is 2. The van der Waals surface area contributed by atoms with Gasteiger partial charge in [-0.15, -0.1) is 0 Å². The first-order valence-electron chi connectivity index (χ1n) is 7.10. The number of rotatable bonds is 1. The van der Waals surface area contributed by atoms with Crippen LogP contribution in [0.1, 0.15) is 17.8 Å². The molecule has 0 radical (unpaired) electrons. The molecule has 2 aromatic heterocycles. The normalized spacial score (nSPS) is 15.4. The van der Waals surface area contributed by atoms with Gasteiger partial charge in [0.1, 0.15) is 11.3 Å². The quantitative estimate of drug-likeness (QED) is 0.727. The van der Waals surface area contributed by atoms with Crippen LogP contribution in [0.15, 0.2) is 47.1 Å². The van der Waals surface area contributed by atoms with Gasteiger partial charge in [-0.3, -0.25) is 5.41 Å². The highest BCUT2D eigenvalue weighted by atomic mass is 79.9. The molecule has 3 heterocycles. The van der Waals surface area contributed by atoms with Crippen molar-refractivity contribution >= 4 is 38.6 Å². The van der Waals surface area contributed by atoms with Gasteiger partial charge in [0.05, 0.1) is 5.39 Å². The maximum atomic E-state index is 8.38. The minimum atomic E-state index is 0.489. The second-order valence-corrected chi connectivity index (χ2v) is 6.11. The molecule has 108 valence electrons. The third-order valence-corrected chi connectivity index (χ3v) is 4.63. The van der Waals surface area contributed by atoms with Crippen LogP contribution in [0.4, 0.5) is 0 Å². The van der Waals surface area contributed by atoms with Crippen LogP contribution in [-0.2, 0) is 6.54 Å². The van der Waals surface area contributed by atoms with Crippen molar-refractivity contribution in [1.82, 2.24) is 14.5 Å². The number of aromatic nitrogens is 3. The Labute approximate surface area is 135 Å². The van der Waals surface area contributed by atoms with Crippen molar-refractivity contribution in [3.63, 3.8) is 0 Å². The molecular weight excluding hydrogens is 340 g/mol. The van der Waals surface area contributed by atoms with Crippen LogP contribution < -0.4 is 5.49 Å². The van der Waals surface area contributed by atoms with Crippen molar-refractivity contribution in [2.24, 2.45) is 0 Å². The minimum absolute atomic E-state index is 0.489. The maximum absolute atomic E-state index is 8.38. The second-order valence-electron chi connectivity index (χ2n) is 5.25. The van der Waals surface area contributed by atoms with E-state index in [4.69, 9.17) is 5.41 Å². The average molecular weight is 353 g/mol. The Balaban J connectivity index is 1.93. The Morgan fingerprint density at radius 3 is 2.91 bits per heavy atom. The van der Waals surface area contributed by atoms with Gasteiger partial charge in [0.15, 0.2) is 5.65 Å². The van der Waals surface area contributed by atoms with Gasteiger partial charge >= 0.3 is 0 Å². The Hall–Kier alpha value is -2.27. The van der Waals surface area contributed by atoms with E-state index in [1.807, 2.05) is 34.9 Å². The summed E-state index contributed by atoms with van der Waals surface area (Å²) < 4.78 is 3.03. The van der Waals surface area contributed by atoms with Crippen molar-refractivity contribution in [2.75, 3.05) is 0 Å². The Morgan fingerprint density at radius 1 is 1.18 bits per heavy atom. The van der Waals surface area contributed by atoms with Crippen molar-refractivity contribution in [2.45, 2.75) is 13.0 Å². The fourth-order valence-corrected chi connectivity index (χ4v) is 3.21. The largest absolute Gasteiger partial charge is 0.310 e. The highest BCUT2D eigenvalue weighted by molar-refractivity contribution is 9.10. The van der Waals surface area contributed by atoms with Crippen LogP contribution in [0.5, 0.6) is 0 Å². The molecule has 1 aliphatic heterocycles. The lowest BCUT2D eigenvalue weighted by Gasteiger charge is -2.06. The summed E-state index contributed by atoms with van der Waals surface area (Å²) in [6, 6.07) is 11.9. The number of benzene rings is 1. The summed E-state index contributed by atoms with van der Waals surface area (Å²) in [7, 11) is 0. The van der Waals surface area contributed by atoms with Gasteiger partial charge in [0, 0.05) is 17.2 Å². The number of nitrogens with zero attached hydrogens (tertiary/aromatic N) is 3. The predicted octanol–water partition coefficient (Wildman–Crippen LogP) is 3.62. The molecule has 22 heavy (non-hydrogen) atoms. The molecule has 1 aliphatic rings. The summed E-state index contributed by atoms with van der Waals surface area (Å²) in [6.45, 7) is 0.794. The molecule has 0 saturated carbocycles. The predicted molar refractivity (Wildman–Crippen MR) is 90.0 cm³/mol. The lowest BCUT2D eigenvalue weighted by atomic mass is 10.1. The van der Waals surface area contributed by atoms with E-state index in [1.165, 1.54) is 0 Å². The van der Waals surface area contributed by atoms with Crippen LogP contribution >= 0.6 is 15.9 Å². The molecule has 0 fully saturated rings. The molecule has 1 aromatic carbocycles. The SMILES string of the molecule is N=c1c2cccnc2nc2n1CC/C2=C\c1ccccc1Br. The van der Waals surface area contributed by atoms with Gasteiger partial charge in [-0.25, -0.2) is 9.97 Å². The Morgan fingerprint density at radius 2 is 2.05 bits per heavy atom. The maximum Gasteiger partial charge on any atom is 0.165 e. The molecule has 0 atom stereocenters. The van der Waals surface area contributed by atoms with Gasteiger partial charge in [-0.2, -0.15) is 0 Å². The highest BCUT2D eigenvalue weighted by Gasteiger charge is 2.19. The lowest BCUT2D eigenvalue weighted by Crippen LogP contribution is -2.21. The summed E-state index contributed by atoms with van der Waals surface area (Å²) >= 11 is 3.58. The first-order chi connectivity index (χ1) is 10.7. The molecule has 0 unspecified atom stereocenters. The molecule has 5 heteroatoms. The molecule has 0 saturated heterocycles. The zero-order valence-corrected chi connectivity index (χ0v) is 13.3. The van der Waals surface area contributed by atoms with E-state index in [0.29, 0.717) is 11.1 Å². The second kappa shape index (κ2) is 5.18. The van der Waals surface area contributed by atoms with E-state index in [2.05, 4.69) is 38.0 Å². The molecule has 1 N–H and O–H groups in total. The van der Waals surface area contributed by atoms with Crippen LogP contribution in [-0.4, -0.2) is 14.5 Å². The summed E-state index contributed by atoms with van der Waals surface area (Å²) in [6.07, 6.45) is 4.75. The summed E-state index contributed by atoms with van der Waals surface area (Å²) in [5, 5.41) is 9.18. The van der Waals surface area contributed by atoms with Gasteiger partial charge < -0.3 is 4.57 Å². The standard InChI is InChI=1S/C17H13BrN4/c18-14-6-2-1-4-11(14)10-12-7-9-22-15(19)13-5-3-8-20-16(13)21-17(12)22/h1-6,8,10,19H,7,9H2/b12-10+,19-15?. The highest BCUT2D eigenvalue weighted by Crippen LogP contribution is 2.29. The van der Waals surface area contributed by atoms with Crippen molar-refractivity contribution in [3.8, 4) is 0 Å². The van der Waals surface area contributed by atoms with Gasteiger partial charge in [0.2, 0.25) is 0 Å². The van der Waals surface area contributed by atoms with E-state index >= 15 is 0 Å². The topological polar surface area (TPSA) is 54.6 Å². The van der Waals surface area contributed by atoms with E-state index in [0.717, 1.165) is 39.8 Å². The summed E-state index contributed by atoms with van der Waals surface area (Å²) in [5.74, 6) is 0.854. The number of hydrogen-bond donors (Lipinski definition) is 1. The number of halogens is 1. The number of nitrogens with one attached hydrogen (secondary N) is 1. The van der Waals surface area contributed by atoms with Crippen LogP contribution in [0, 0.1) is 5.41 Å². The van der Waals surface area contributed by atoms with Crippen molar-refractivity contribution in [1.29, 1.82) is 5.41 Å². The Bertz CT molecular complexity index is 972. The molecule has 0 amide bonds. The zero-order chi connectivity index (χ0) is 15.1. The van der Waals surface area contributed by atoms with Crippen LogP contribution in [0.2, 0.25) is 0 Å². The summed E-state index contributed by atoms with van der Waals surface area (Å²) in [5.41, 5.74) is 3.40. The van der Waals surface area contributed by atoms with Crippen molar-refractivity contribution in [3.05, 3.63) is 63.9 Å². The summed E-state index contributed by atoms with van der Waals surface area (Å²) in [4.78, 5) is 8.97. The van der Waals surface area contributed by atoms with Gasteiger partial charge in [-0.05, 0) is 41.8 Å². The number of hydrogen-bond acceptors (Lipinski definition) is 3. The monoisotopic (exact) mass is 352 g/mol. The minimum Gasteiger partial charge on any atom is -0.310 e. The third kappa shape index (κ3) is 2.09. The van der Waals surface area contributed by atoms with E-state index in [9.17, 15) is 0 Å².